The molecule has 0 saturated carbocycles. The van der Waals surface area contributed by atoms with Crippen molar-refractivity contribution in [3.63, 3.8) is 0 Å². The second kappa shape index (κ2) is 8.52. The first kappa shape index (κ1) is 20.2. The monoisotopic (exact) mass is 355 g/mol. The van der Waals surface area contributed by atoms with Crippen LogP contribution in [0.5, 0.6) is 0 Å². The van der Waals surface area contributed by atoms with Gasteiger partial charge in [0.15, 0.2) is 0 Å². The number of nitrogens with zero attached hydrogens (tertiary/aromatic N) is 3. The second-order valence-corrected chi connectivity index (χ2v) is 7.96. The van der Waals surface area contributed by atoms with E-state index in [2.05, 4.69) is 53.6 Å². The average molecular weight is 356 g/mol. The maximum absolute atomic E-state index is 12.9. The molecule has 4 nitrogen and oxygen atoms in total. The van der Waals surface area contributed by atoms with Crippen molar-refractivity contribution in [2.24, 2.45) is 11.8 Å². The molecule has 1 aromatic carbocycles. The highest BCUT2D eigenvalue weighted by molar-refractivity contribution is 5.94. The van der Waals surface area contributed by atoms with Crippen LogP contribution in [0.2, 0.25) is 0 Å². The molecular weight excluding hydrogens is 322 g/mol. The zero-order valence-electron chi connectivity index (χ0n) is 17.3. The molecule has 0 aliphatic rings. The van der Waals surface area contributed by atoms with Gasteiger partial charge in [-0.15, -0.1) is 0 Å². The van der Waals surface area contributed by atoms with Gasteiger partial charge >= 0.3 is 0 Å². The number of hydrogen-bond acceptors (Lipinski definition) is 2. The number of aryl methyl sites for hydroxylation is 1. The van der Waals surface area contributed by atoms with Crippen molar-refractivity contribution in [1.29, 1.82) is 0 Å². The molecule has 0 bridgehead atoms. The normalized spacial score (nSPS) is 11.4. The second-order valence-electron chi connectivity index (χ2n) is 7.96. The minimum Gasteiger partial charge on any atom is -0.338 e. The van der Waals surface area contributed by atoms with Crippen molar-refractivity contribution in [2.75, 3.05) is 13.1 Å². The van der Waals surface area contributed by atoms with E-state index in [9.17, 15) is 4.79 Å². The van der Waals surface area contributed by atoms with E-state index < -0.39 is 0 Å². The molecule has 4 heteroatoms. The lowest BCUT2D eigenvalue weighted by atomic mass is 10.1. The largest absolute Gasteiger partial charge is 0.338 e. The van der Waals surface area contributed by atoms with E-state index in [1.54, 1.807) is 0 Å². The van der Waals surface area contributed by atoms with Gasteiger partial charge in [-0.1, -0.05) is 34.6 Å². The molecule has 2 aromatic rings. The molecule has 0 radical (unpaired) electrons. The first-order valence-corrected chi connectivity index (χ1v) is 9.69. The Morgan fingerprint density at radius 2 is 1.58 bits per heavy atom. The SMILES string of the molecule is CCc1c(C)nn(-c2ccc(C(=O)N(CC(C)C)CC(C)C)cc2)c1C. The molecule has 26 heavy (non-hydrogen) atoms. The Kier molecular flexibility index (Phi) is 6.63. The third-order valence-corrected chi connectivity index (χ3v) is 4.61. The minimum absolute atomic E-state index is 0.113. The summed E-state index contributed by atoms with van der Waals surface area (Å²) in [4.78, 5) is 14.9. The Hall–Kier alpha value is -2.10. The van der Waals surface area contributed by atoms with Gasteiger partial charge < -0.3 is 4.90 Å². The van der Waals surface area contributed by atoms with Crippen molar-refractivity contribution in [1.82, 2.24) is 14.7 Å². The molecule has 1 aromatic heterocycles. The smallest absolute Gasteiger partial charge is 0.253 e. The summed E-state index contributed by atoms with van der Waals surface area (Å²) >= 11 is 0. The highest BCUT2D eigenvalue weighted by atomic mass is 16.2. The summed E-state index contributed by atoms with van der Waals surface area (Å²) in [5.74, 6) is 1.03. The highest BCUT2D eigenvalue weighted by Gasteiger charge is 2.18. The molecule has 0 aliphatic carbocycles. The number of rotatable bonds is 7. The summed E-state index contributed by atoms with van der Waals surface area (Å²) in [6, 6.07) is 7.84. The van der Waals surface area contributed by atoms with Gasteiger partial charge in [-0.2, -0.15) is 5.10 Å². The topological polar surface area (TPSA) is 38.1 Å². The lowest BCUT2D eigenvalue weighted by Gasteiger charge is -2.26. The van der Waals surface area contributed by atoms with Crippen LogP contribution in [0, 0.1) is 25.7 Å². The Labute approximate surface area is 158 Å². The first-order valence-electron chi connectivity index (χ1n) is 9.69. The molecule has 2 rings (SSSR count). The van der Waals surface area contributed by atoms with Crippen molar-refractivity contribution in [2.45, 2.75) is 54.9 Å². The molecule has 0 atom stereocenters. The standard InChI is InChI=1S/C22H33N3O/c1-8-21-17(6)23-25(18(21)7)20-11-9-19(10-12-20)22(26)24(13-15(2)3)14-16(4)5/h9-12,15-16H,8,13-14H2,1-7H3. The van der Waals surface area contributed by atoms with Crippen molar-refractivity contribution in [3.05, 3.63) is 46.8 Å². The van der Waals surface area contributed by atoms with E-state index >= 15 is 0 Å². The van der Waals surface area contributed by atoms with Crippen LogP contribution in [0.4, 0.5) is 0 Å². The zero-order chi connectivity index (χ0) is 19.4. The Balaban J connectivity index is 2.26. The molecule has 142 valence electrons. The summed E-state index contributed by atoms with van der Waals surface area (Å²) in [6.07, 6.45) is 0.980. The van der Waals surface area contributed by atoms with Crippen molar-refractivity contribution < 1.29 is 4.79 Å². The fraction of sp³-hybridized carbons (Fsp3) is 0.545. The molecule has 1 amide bonds. The van der Waals surface area contributed by atoms with Crippen molar-refractivity contribution >= 4 is 5.91 Å². The summed E-state index contributed by atoms with van der Waals surface area (Å²) in [5, 5.41) is 4.66. The molecule has 0 spiro atoms. The van der Waals surface area contributed by atoms with Crippen LogP contribution < -0.4 is 0 Å². The third-order valence-electron chi connectivity index (χ3n) is 4.61. The van der Waals surface area contributed by atoms with Crippen LogP contribution in [0.25, 0.3) is 5.69 Å². The number of benzene rings is 1. The predicted molar refractivity (Wildman–Crippen MR) is 108 cm³/mol. The van der Waals surface area contributed by atoms with E-state index in [0.29, 0.717) is 11.8 Å². The highest BCUT2D eigenvalue weighted by Crippen LogP contribution is 2.19. The first-order chi connectivity index (χ1) is 12.2. The lowest BCUT2D eigenvalue weighted by Crippen LogP contribution is -2.37. The van der Waals surface area contributed by atoms with Crippen LogP contribution >= 0.6 is 0 Å². The maximum atomic E-state index is 12.9. The molecule has 0 N–H and O–H groups in total. The number of hydrogen-bond donors (Lipinski definition) is 0. The van der Waals surface area contributed by atoms with Crippen LogP contribution in [0.3, 0.4) is 0 Å². The molecule has 0 fully saturated rings. The van der Waals surface area contributed by atoms with Gasteiger partial charge in [-0.25, -0.2) is 4.68 Å². The van der Waals surface area contributed by atoms with Gasteiger partial charge in [0.05, 0.1) is 11.4 Å². The lowest BCUT2D eigenvalue weighted by molar-refractivity contribution is 0.0715. The summed E-state index contributed by atoms with van der Waals surface area (Å²) in [7, 11) is 0. The molecule has 0 aliphatic heterocycles. The van der Waals surface area contributed by atoms with Crippen molar-refractivity contribution in [3.8, 4) is 5.69 Å². The summed E-state index contributed by atoms with van der Waals surface area (Å²) < 4.78 is 1.97. The van der Waals surface area contributed by atoms with E-state index in [0.717, 1.165) is 36.5 Å². The Morgan fingerprint density at radius 1 is 1.04 bits per heavy atom. The van der Waals surface area contributed by atoms with E-state index in [-0.39, 0.29) is 5.91 Å². The Bertz CT molecular complexity index is 731. The van der Waals surface area contributed by atoms with E-state index in [1.807, 2.05) is 33.8 Å². The minimum atomic E-state index is 0.113. The number of carbonyl (C=O) groups is 1. The van der Waals surface area contributed by atoms with Gasteiger partial charge in [0.25, 0.3) is 5.91 Å². The van der Waals surface area contributed by atoms with Gasteiger partial charge in [-0.3, -0.25) is 4.79 Å². The number of aromatic nitrogens is 2. The fourth-order valence-electron chi connectivity index (χ4n) is 3.49. The maximum Gasteiger partial charge on any atom is 0.253 e. The Morgan fingerprint density at radius 3 is 2.00 bits per heavy atom. The molecule has 1 heterocycles. The van der Waals surface area contributed by atoms with Crippen LogP contribution in [-0.4, -0.2) is 33.7 Å². The molecule has 0 saturated heterocycles. The zero-order valence-corrected chi connectivity index (χ0v) is 17.3. The number of carbonyl (C=O) groups excluding carboxylic acids is 1. The summed E-state index contributed by atoms with van der Waals surface area (Å²) in [6.45, 7) is 16.5. The predicted octanol–water partition coefficient (Wildman–Crippen LogP) is 4.81. The molecular formula is C22H33N3O. The number of amides is 1. The molecule has 0 unspecified atom stereocenters. The van der Waals surface area contributed by atoms with Gasteiger partial charge in [0.1, 0.15) is 0 Å². The fourth-order valence-corrected chi connectivity index (χ4v) is 3.49. The van der Waals surface area contributed by atoms with Crippen LogP contribution in [-0.2, 0) is 6.42 Å². The van der Waals surface area contributed by atoms with Crippen LogP contribution in [0.1, 0.15) is 61.9 Å². The summed E-state index contributed by atoms with van der Waals surface area (Å²) in [5.41, 5.74) is 5.29. The van der Waals surface area contributed by atoms with Gasteiger partial charge in [-0.05, 0) is 61.9 Å². The van der Waals surface area contributed by atoms with E-state index in [1.165, 1.54) is 11.3 Å². The van der Waals surface area contributed by atoms with Gasteiger partial charge in [0, 0.05) is 24.3 Å². The van der Waals surface area contributed by atoms with Gasteiger partial charge in [0.2, 0.25) is 0 Å². The quantitative estimate of drug-likeness (QED) is 0.715. The third kappa shape index (κ3) is 4.54. The van der Waals surface area contributed by atoms with E-state index in [4.69, 9.17) is 0 Å². The van der Waals surface area contributed by atoms with Crippen LogP contribution in [0.15, 0.2) is 24.3 Å². The average Bonchev–Trinajstić information content (AvgIpc) is 2.86.